The van der Waals surface area contributed by atoms with Crippen LogP contribution in [0.1, 0.15) is 28.2 Å². The Morgan fingerprint density at radius 3 is 2.90 bits per heavy atom. The number of hydrogen-bond acceptors (Lipinski definition) is 5. The summed E-state index contributed by atoms with van der Waals surface area (Å²) < 4.78 is 5.69. The van der Waals surface area contributed by atoms with E-state index in [2.05, 4.69) is 20.9 Å². The number of phenolic OH excluding ortho intramolecular Hbond substituents is 1. The number of methoxy groups -OCH3 is 1. The molecule has 3 rings (SSSR count). The predicted molar refractivity (Wildman–Crippen MR) is 80.7 cm³/mol. The Morgan fingerprint density at radius 1 is 1.40 bits per heavy atom. The van der Waals surface area contributed by atoms with Gasteiger partial charge in [0.05, 0.1) is 11.6 Å². The number of phenols is 1. The molecule has 1 aliphatic carbocycles. The maximum absolute atomic E-state index is 11.8. The Balaban J connectivity index is 2.10. The summed E-state index contributed by atoms with van der Waals surface area (Å²) in [4.78, 5) is 17.4. The first-order valence-corrected chi connectivity index (χ1v) is 7.81. The fourth-order valence-electron chi connectivity index (χ4n) is 2.24. The van der Waals surface area contributed by atoms with Gasteiger partial charge in [-0.1, -0.05) is 0 Å². The van der Waals surface area contributed by atoms with Crippen LogP contribution in [0.5, 0.6) is 11.5 Å². The average Bonchev–Trinajstić information content (AvgIpc) is 2.87. The Hall–Kier alpha value is -1.40. The van der Waals surface area contributed by atoms with Crippen molar-refractivity contribution in [2.45, 2.75) is 19.3 Å². The number of aryl methyl sites for hydroxylation is 1. The molecule has 20 heavy (non-hydrogen) atoms. The van der Waals surface area contributed by atoms with Crippen molar-refractivity contribution < 1.29 is 14.6 Å². The van der Waals surface area contributed by atoms with Crippen molar-refractivity contribution in [3.8, 4) is 22.1 Å². The van der Waals surface area contributed by atoms with Crippen molar-refractivity contribution in [1.29, 1.82) is 0 Å². The second kappa shape index (κ2) is 5.18. The highest BCUT2D eigenvalue weighted by Crippen LogP contribution is 2.40. The van der Waals surface area contributed by atoms with E-state index in [0.717, 1.165) is 28.3 Å². The number of thiazole rings is 1. The van der Waals surface area contributed by atoms with E-state index < -0.39 is 0 Å². The number of carbonyl (C=O) groups excluding carboxylic acids is 1. The van der Waals surface area contributed by atoms with Crippen LogP contribution < -0.4 is 4.74 Å². The van der Waals surface area contributed by atoms with Crippen molar-refractivity contribution in [3.63, 3.8) is 0 Å². The molecule has 1 N–H and O–H groups in total. The zero-order chi connectivity index (χ0) is 14.3. The molecule has 0 bridgehead atoms. The zero-order valence-corrected chi connectivity index (χ0v) is 13.2. The number of rotatable bonds is 2. The molecule has 104 valence electrons. The highest BCUT2D eigenvalue weighted by molar-refractivity contribution is 9.10. The zero-order valence-electron chi connectivity index (χ0n) is 10.8. The minimum Gasteiger partial charge on any atom is -0.503 e. The van der Waals surface area contributed by atoms with Gasteiger partial charge in [0.25, 0.3) is 0 Å². The van der Waals surface area contributed by atoms with Crippen LogP contribution in [0.3, 0.4) is 0 Å². The van der Waals surface area contributed by atoms with Crippen LogP contribution in [0.15, 0.2) is 16.6 Å². The Bertz CT molecular complexity index is 696. The maximum Gasteiger partial charge on any atom is 0.182 e. The van der Waals surface area contributed by atoms with E-state index in [1.807, 2.05) is 0 Å². The normalized spacial score (nSPS) is 14.2. The lowest BCUT2D eigenvalue weighted by atomic mass is 10.0. The number of benzene rings is 1. The molecule has 2 aromatic rings. The molecule has 1 aromatic heterocycles. The van der Waals surface area contributed by atoms with Gasteiger partial charge in [0.1, 0.15) is 10.7 Å². The van der Waals surface area contributed by atoms with E-state index in [-0.39, 0.29) is 11.5 Å². The van der Waals surface area contributed by atoms with E-state index in [0.29, 0.717) is 22.3 Å². The number of nitrogens with zero attached hydrogens (tertiary/aromatic N) is 1. The maximum atomic E-state index is 11.8. The van der Waals surface area contributed by atoms with Crippen LogP contribution >= 0.6 is 27.3 Å². The molecular formula is C14H12BrNO3S. The van der Waals surface area contributed by atoms with Gasteiger partial charge in [0.2, 0.25) is 0 Å². The second-order valence-corrected chi connectivity index (χ2v) is 6.51. The lowest BCUT2D eigenvalue weighted by molar-refractivity contribution is 0.0968. The van der Waals surface area contributed by atoms with Crippen LogP contribution in [-0.2, 0) is 6.42 Å². The van der Waals surface area contributed by atoms with Crippen LogP contribution in [0, 0.1) is 0 Å². The number of fused-ring (bicyclic) bond motifs is 1. The lowest BCUT2D eigenvalue weighted by Crippen LogP contribution is -2.08. The van der Waals surface area contributed by atoms with Gasteiger partial charge in [-0.2, -0.15) is 0 Å². The third-order valence-electron chi connectivity index (χ3n) is 3.26. The number of hydrogen-bond donors (Lipinski definition) is 1. The summed E-state index contributed by atoms with van der Waals surface area (Å²) in [6, 6.07) is 3.52. The first-order chi connectivity index (χ1) is 9.60. The number of ether oxygens (including phenoxy) is 1. The third-order valence-corrected chi connectivity index (χ3v) is 5.03. The molecule has 0 radical (unpaired) electrons. The first-order valence-electron chi connectivity index (χ1n) is 6.20. The molecule has 0 saturated carbocycles. The molecule has 1 aromatic carbocycles. The molecule has 4 nitrogen and oxygen atoms in total. The van der Waals surface area contributed by atoms with Gasteiger partial charge in [-0.15, -0.1) is 11.3 Å². The summed E-state index contributed by atoms with van der Waals surface area (Å²) in [5, 5.41) is 10.6. The molecule has 6 heteroatoms. The van der Waals surface area contributed by atoms with Crippen LogP contribution in [0.4, 0.5) is 0 Å². The monoisotopic (exact) mass is 353 g/mol. The standard InChI is InChI=1S/C14H12BrNO3S/c1-19-10-6-7(5-8(15)13(10)18)14-16-12-9(17)3-2-4-11(12)20-14/h5-6,18H,2-4H2,1H3. The summed E-state index contributed by atoms with van der Waals surface area (Å²) in [5.41, 5.74) is 1.44. The van der Waals surface area contributed by atoms with Crippen molar-refractivity contribution >= 4 is 33.0 Å². The van der Waals surface area contributed by atoms with Crippen molar-refractivity contribution in [1.82, 2.24) is 4.98 Å². The van der Waals surface area contributed by atoms with Gasteiger partial charge < -0.3 is 9.84 Å². The Morgan fingerprint density at radius 2 is 2.20 bits per heavy atom. The van der Waals surface area contributed by atoms with E-state index in [9.17, 15) is 9.90 Å². The van der Waals surface area contributed by atoms with Crippen LogP contribution in [0.2, 0.25) is 0 Å². The summed E-state index contributed by atoms with van der Waals surface area (Å²) in [6.45, 7) is 0. The first kappa shape index (κ1) is 13.6. The van der Waals surface area contributed by atoms with E-state index in [1.54, 1.807) is 12.1 Å². The predicted octanol–water partition coefficient (Wildman–Crippen LogP) is 3.81. The number of Topliss-reactive ketones (excluding diaryl/α,β-unsaturated/α-hetero) is 1. The topological polar surface area (TPSA) is 59.4 Å². The smallest absolute Gasteiger partial charge is 0.182 e. The largest absolute Gasteiger partial charge is 0.503 e. The fraction of sp³-hybridized carbons (Fsp3) is 0.286. The summed E-state index contributed by atoms with van der Waals surface area (Å²) >= 11 is 4.83. The van der Waals surface area contributed by atoms with Gasteiger partial charge >= 0.3 is 0 Å². The van der Waals surface area contributed by atoms with Crippen molar-refractivity contribution in [3.05, 3.63) is 27.2 Å². The summed E-state index contributed by atoms with van der Waals surface area (Å²) in [7, 11) is 1.50. The van der Waals surface area contributed by atoms with Gasteiger partial charge in [0.15, 0.2) is 17.3 Å². The molecule has 0 spiro atoms. The van der Waals surface area contributed by atoms with Crippen molar-refractivity contribution in [2.75, 3.05) is 7.11 Å². The molecular weight excluding hydrogens is 342 g/mol. The lowest BCUT2D eigenvalue weighted by Gasteiger charge is -2.07. The SMILES string of the molecule is COc1cc(-c2nc3c(s2)CCCC3=O)cc(Br)c1O. The number of aromatic hydroxyl groups is 1. The number of ketones is 1. The van der Waals surface area contributed by atoms with Crippen LogP contribution in [-0.4, -0.2) is 23.0 Å². The van der Waals surface area contributed by atoms with Gasteiger partial charge in [0, 0.05) is 16.9 Å². The van der Waals surface area contributed by atoms with Gasteiger partial charge in [-0.3, -0.25) is 4.79 Å². The Labute approximate surface area is 128 Å². The number of halogens is 1. The molecule has 0 aliphatic heterocycles. The second-order valence-electron chi connectivity index (χ2n) is 4.58. The average molecular weight is 354 g/mol. The highest BCUT2D eigenvalue weighted by atomic mass is 79.9. The molecule has 0 amide bonds. The molecule has 0 saturated heterocycles. The fourth-order valence-corrected chi connectivity index (χ4v) is 3.79. The number of carbonyl (C=O) groups is 1. The minimum absolute atomic E-state index is 0.0636. The number of aromatic nitrogens is 1. The van der Waals surface area contributed by atoms with Crippen molar-refractivity contribution in [2.24, 2.45) is 0 Å². The Kier molecular flexibility index (Phi) is 3.52. The van der Waals surface area contributed by atoms with Crippen LogP contribution in [0.25, 0.3) is 10.6 Å². The molecule has 0 atom stereocenters. The van der Waals surface area contributed by atoms with E-state index >= 15 is 0 Å². The van der Waals surface area contributed by atoms with Gasteiger partial charge in [-0.05, 0) is 40.9 Å². The highest BCUT2D eigenvalue weighted by Gasteiger charge is 2.23. The minimum atomic E-state index is 0.0636. The van der Waals surface area contributed by atoms with E-state index in [1.165, 1.54) is 18.4 Å². The molecule has 0 fully saturated rings. The molecule has 1 heterocycles. The summed E-state index contributed by atoms with van der Waals surface area (Å²) in [6.07, 6.45) is 2.39. The van der Waals surface area contributed by atoms with Gasteiger partial charge in [-0.25, -0.2) is 4.98 Å². The quantitative estimate of drug-likeness (QED) is 0.891. The summed E-state index contributed by atoms with van der Waals surface area (Å²) in [5.74, 6) is 0.570. The molecule has 1 aliphatic rings. The third kappa shape index (κ3) is 2.23. The molecule has 0 unspecified atom stereocenters. The van der Waals surface area contributed by atoms with E-state index in [4.69, 9.17) is 4.74 Å².